The van der Waals surface area contributed by atoms with E-state index in [0.717, 1.165) is 30.9 Å². The molecule has 0 bridgehead atoms. The zero-order valence-corrected chi connectivity index (χ0v) is 13.4. The summed E-state index contributed by atoms with van der Waals surface area (Å²) in [5.74, 6) is 0. The van der Waals surface area contributed by atoms with E-state index in [0.29, 0.717) is 17.6 Å². The summed E-state index contributed by atoms with van der Waals surface area (Å²) < 4.78 is 25.5. The molecule has 6 nitrogen and oxygen atoms in total. The second kappa shape index (κ2) is 5.58. The number of aliphatic imine (C=N–C) groups is 2. The maximum atomic E-state index is 12.8. The highest BCUT2D eigenvalue weighted by Crippen LogP contribution is 2.27. The van der Waals surface area contributed by atoms with Crippen LogP contribution in [-0.2, 0) is 9.84 Å². The van der Waals surface area contributed by atoms with Gasteiger partial charge in [-0.15, -0.1) is 0 Å². The van der Waals surface area contributed by atoms with Gasteiger partial charge in [-0.25, -0.2) is 8.42 Å². The van der Waals surface area contributed by atoms with Crippen LogP contribution in [0.1, 0.15) is 6.42 Å². The molecule has 1 fully saturated rings. The largest absolute Gasteiger partial charge is 0.346 e. The predicted molar refractivity (Wildman–Crippen MR) is 89.4 cm³/mol. The standard InChI is InChI=1S/C16H18N4O2S/c21-23(22,13-4-2-1-3-5-13)16-8-15-14(10-18-16)19-11-20(15)12-6-7-17-9-12/h1-5,8,10,12,16-17H,6-7,9,11H2/t12-,16?/m0/s1. The molecule has 1 aromatic rings. The molecule has 23 heavy (non-hydrogen) atoms. The molecule has 2 atom stereocenters. The molecule has 4 rings (SSSR count). The number of nitrogens with zero attached hydrogens (tertiary/aromatic N) is 3. The molecule has 120 valence electrons. The first kappa shape index (κ1) is 14.6. The van der Waals surface area contributed by atoms with Crippen molar-refractivity contribution in [2.75, 3.05) is 19.8 Å². The monoisotopic (exact) mass is 330 g/mol. The van der Waals surface area contributed by atoms with Crippen LogP contribution in [-0.4, -0.2) is 56.4 Å². The molecular formula is C16H18N4O2S. The molecule has 1 saturated heterocycles. The first-order chi connectivity index (χ1) is 11.2. The van der Waals surface area contributed by atoms with Crippen molar-refractivity contribution in [3.8, 4) is 0 Å². The second-order valence-electron chi connectivity index (χ2n) is 5.88. The fraction of sp³-hybridized carbons (Fsp3) is 0.375. The van der Waals surface area contributed by atoms with Crippen LogP contribution >= 0.6 is 0 Å². The van der Waals surface area contributed by atoms with Gasteiger partial charge in [0.25, 0.3) is 0 Å². The van der Waals surface area contributed by atoms with Crippen molar-refractivity contribution < 1.29 is 8.42 Å². The smallest absolute Gasteiger partial charge is 0.205 e. The number of dihydropyridines is 1. The fourth-order valence-electron chi connectivity index (χ4n) is 3.20. The quantitative estimate of drug-likeness (QED) is 0.891. The van der Waals surface area contributed by atoms with Gasteiger partial charge in [-0.3, -0.25) is 9.98 Å². The molecular weight excluding hydrogens is 312 g/mol. The third-order valence-corrected chi connectivity index (χ3v) is 6.30. The van der Waals surface area contributed by atoms with Crippen molar-refractivity contribution in [2.24, 2.45) is 9.98 Å². The average Bonchev–Trinajstić information content (AvgIpc) is 3.24. The topological polar surface area (TPSA) is 74.1 Å². The van der Waals surface area contributed by atoms with Gasteiger partial charge in [-0.2, -0.15) is 0 Å². The maximum Gasteiger partial charge on any atom is 0.205 e. The van der Waals surface area contributed by atoms with Crippen molar-refractivity contribution in [2.45, 2.75) is 22.7 Å². The Morgan fingerprint density at radius 1 is 1.22 bits per heavy atom. The number of sulfone groups is 1. The van der Waals surface area contributed by atoms with Crippen LogP contribution in [0.25, 0.3) is 0 Å². The molecule has 7 heteroatoms. The van der Waals surface area contributed by atoms with Gasteiger partial charge < -0.3 is 10.2 Å². The van der Waals surface area contributed by atoms with Crippen molar-refractivity contribution >= 4 is 21.8 Å². The summed E-state index contributed by atoms with van der Waals surface area (Å²) in [6, 6.07) is 8.85. The molecule has 0 amide bonds. The van der Waals surface area contributed by atoms with Crippen molar-refractivity contribution in [3.63, 3.8) is 0 Å². The molecule has 0 radical (unpaired) electrons. The molecule has 3 aliphatic rings. The molecule has 0 saturated carbocycles. The van der Waals surface area contributed by atoms with Crippen LogP contribution in [0.3, 0.4) is 0 Å². The molecule has 3 aliphatic heterocycles. The summed E-state index contributed by atoms with van der Waals surface area (Å²) in [6.07, 6.45) is 4.39. The lowest BCUT2D eigenvalue weighted by Crippen LogP contribution is -2.37. The molecule has 3 heterocycles. The van der Waals surface area contributed by atoms with Gasteiger partial charge in [0.2, 0.25) is 9.84 Å². The summed E-state index contributed by atoms with van der Waals surface area (Å²) >= 11 is 0. The Labute approximate surface area is 135 Å². The number of allylic oxidation sites excluding steroid dienone is 1. The summed E-state index contributed by atoms with van der Waals surface area (Å²) in [7, 11) is -3.52. The number of hydrogen-bond acceptors (Lipinski definition) is 6. The SMILES string of the molecule is O=S(=O)(c1ccccc1)C1C=C2C(=NCN2[C@H]2CCNC2)C=N1. The minimum atomic E-state index is -3.52. The van der Waals surface area contributed by atoms with E-state index in [1.807, 2.05) is 0 Å². The lowest BCUT2D eigenvalue weighted by atomic mass is 10.1. The Bertz CT molecular complexity index is 793. The second-order valence-corrected chi connectivity index (χ2v) is 7.92. The number of nitrogens with one attached hydrogen (secondary N) is 1. The van der Waals surface area contributed by atoms with Crippen LogP contribution < -0.4 is 5.32 Å². The van der Waals surface area contributed by atoms with E-state index in [1.54, 1.807) is 42.6 Å². The highest BCUT2D eigenvalue weighted by Gasteiger charge is 2.35. The molecule has 1 N–H and O–H groups in total. The fourth-order valence-corrected chi connectivity index (χ4v) is 4.55. The minimum Gasteiger partial charge on any atom is -0.346 e. The Kier molecular flexibility index (Phi) is 3.54. The van der Waals surface area contributed by atoms with Crippen LogP contribution in [0, 0.1) is 0 Å². The first-order valence-corrected chi connectivity index (χ1v) is 9.27. The minimum absolute atomic E-state index is 0.298. The van der Waals surface area contributed by atoms with Crippen LogP contribution in [0.15, 0.2) is 57.0 Å². The van der Waals surface area contributed by atoms with E-state index in [4.69, 9.17) is 0 Å². The van der Waals surface area contributed by atoms with Crippen molar-refractivity contribution in [1.82, 2.24) is 10.2 Å². The van der Waals surface area contributed by atoms with Gasteiger partial charge in [0.1, 0.15) is 12.4 Å². The number of rotatable bonds is 3. The average molecular weight is 330 g/mol. The lowest BCUT2D eigenvalue weighted by molar-refractivity contribution is 0.300. The van der Waals surface area contributed by atoms with Gasteiger partial charge in [0, 0.05) is 12.6 Å². The van der Waals surface area contributed by atoms with Crippen LogP contribution in [0.2, 0.25) is 0 Å². The van der Waals surface area contributed by atoms with E-state index < -0.39 is 15.2 Å². The summed E-state index contributed by atoms with van der Waals surface area (Å²) in [6.45, 7) is 2.48. The van der Waals surface area contributed by atoms with Crippen molar-refractivity contribution in [3.05, 3.63) is 42.1 Å². The predicted octanol–water partition coefficient (Wildman–Crippen LogP) is 0.831. The van der Waals surface area contributed by atoms with Crippen LogP contribution in [0.5, 0.6) is 0 Å². The summed E-state index contributed by atoms with van der Waals surface area (Å²) in [4.78, 5) is 11.2. The number of fused-ring (bicyclic) bond motifs is 1. The van der Waals surface area contributed by atoms with E-state index in [1.165, 1.54) is 0 Å². The lowest BCUT2D eigenvalue weighted by Gasteiger charge is -2.28. The van der Waals surface area contributed by atoms with E-state index in [9.17, 15) is 8.42 Å². The molecule has 0 aromatic heterocycles. The van der Waals surface area contributed by atoms with Gasteiger partial charge in [-0.05, 0) is 31.2 Å². The molecule has 0 aliphatic carbocycles. The first-order valence-electron chi connectivity index (χ1n) is 7.72. The van der Waals surface area contributed by atoms with E-state index >= 15 is 0 Å². The zero-order chi connectivity index (χ0) is 15.9. The molecule has 0 spiro atoms. The van der Waals surface area contributed by atoms with Gasteiger partial charge >= 0.3 is 0 Å². The van der Waals surface area contributed by atoms with Gasteiger partial charge in [0.05, 0.1) is 16.8 Å². The zero-order valence-electron chi connectivity index (χ0n) is 12.6. The Morgan fingerprint density at radius 2 is 2.04 bits per heavy atom. The maximum absolute atomic E-state index is 12.8. The number of hydrogen-bond donors (Lipinski definition) is 1. The van der Waals surface area contributed by atoms with Gasteiger partial charge in [0.15, 0.2) is 5.37 Å². The van der Waals surface area contributed by atoms with Gasteiger partial charge in [-0.1, -0.05) is 18.2 Å². The molecule has 1 unspecified atom stereocenters. The Hall–Kier alpha value is -1.99. The summed E-state index contributed by atoms with van der Waals surface area (Å²) in [5.41, 5.74) is 1.69. The normalized spacial score (nSPS) is 26.9. The molecule has 1 aromatic carbocycles. The summed E-state index contributed by atoms with van der Waals surface area (Å²) in [5, 5.41) is 2.46. The number of benzene rings is 1. The Balaban J connectivity index is 1.66. The Morgan fingerprint density at radius 3 is 2.78 bits per heavy atom. The highest BCUT2D eigenvalue weighted by molar-refractivity contribution is 7.92. The highest BCUT2D eigenvalue weighted by atomic mass is 32.2. The van der Waals surface area contributed by atoms with E-state index in [2.05, 4.69) is 20.2 Å². The van der Waals surface area contributed by atoms with Crippen molar-refractivity contribution in [1.29, 1.82) is 0 Å². The third-order valence-electron chi connectivity index (χ3n) is 4.47. The van der Waals surface area contributed by atoms with E-state index in [-0.39, 0.29) is 0 Å². The van der Waals surface area contributed by atoms with Crippen LogP contribution in [0.4, 0.5) is 0 Å². The third kappa shape index (κ3) is 2.49.